The second-order valence-electron chi connectivity index (χ2n) is 12.2. The van der Waals surface area contributed by atoms with E-state index in [1.807, 2.05) is 11.8 Å². The van der Waals surface area contributed by atoms with Gasteiger partial charge in [0, 0.05) is 78.4 Å². The summed E-state index contributed by atoms with van der Waals surface area (Å²) in [4.78, 5) is 2.57. The fourth-order valence-corrected chi connectivity index (χ4v) is 7.06. The second-order valence-corrected chi connectivity index (χ2v) is 15.5. The number of nitrogens with one attached hydrogen (secondary N) is 3. The van der Waals surface area contributed by atoms with E-state index in [1.54, 1.807) is 0 Å². The van der Waals surface area contributed by atoms with Gasteiger partial charge in [-0.05, 0) is 38.8 Å². The highest BCUT2D eigenvalue weighted by molar-refractivity contribution is 8.00. The Morgan fingerprint density at radius 3 is 1.70 bits per heavy atom. The van der Waals surface area contributed by atoms with Crippen molar-refractivity contribution in [3.05, 3.63) is 71.8 Å². The van der Waals surface area contributed by atoms with Gasteiger partial charge >= 0.3 is 0 Å². The molecule has 1 heterocycles. The zero-order valence-electron chi connectivity index (χ0n) is 25.7. The lowest BCUT2D eigenvalue weighted by atomic mass is 10.0. The molecule has 1 fully saturated rings. The molecule has 2 aromatic rings. The first-order chi connectivity index (χ1) is 19.2. The van der Waals surface area contributed by atoms with Crippen molar-refractivity contribution in [3.8, 4) is 0 Å². The van der Waals surface area contributed by atoms with Crippen LogP contribution < -0.4 is 16.0 Å². The Balaban J connectivity index is 1.58. The topological polar surface area (TPSA) is 48.6 Å². The zero-order valence-corrected chi connectivity index (χ0v) is 27.4. The molecule has 2 unspecified atom stereocenters. The van der Waals surface area contributed by atoms with Gasteiger partial charge in [0.25, 0.3) is 0 Å². The minimum atomic E-state index is 0.0930. The van der Waals surface area contributed by atoms with Crippen LogP contribution in [0.1, 0.15) is 52.7 Å². The van der Waals surface area contributed by atoms with E-state index in [9.17, 15) is 0 Å². The van der Waals surface area contributed by atoms with Crippen molar-refractivity contribution in [1.82, 2.24) is 20.9 Å². The summed E-state index contributed by atoms with van der Waals surface area (Å²) < 4.78 is 5.82. The highest BCUT2D eigenvalue weighted by Gasteiger charge is 2.33. The van der Waals surface area contributed by atoms with Crippen molar-refractivity contribution in [2.75, 3.05) is 52.5 Å². The molecule has 1 aliphatic rings. The smallest absolute Gasteiger partial charge is 0.0594 e. The minimum Gasteiger partial charge on any atom is -0.379 e. The number of ether oxygens (including phenoxy) is 1. The molecule has 5 nitrogen and oxygen atoms in total. The fraction of sp³-hybridized carbons (Fsp3) is 0.636. The largest absolute Gasteiger partial charge is 0.379 e. The van der Waals surface area contributed by atoms with Crippen molar-refractivity contribution >= 4 is 23.5 Å². The summed E-state index contributed by atoms with van der Waals surface area (Å²) in [5.41, 5.74) is 2.78. The van der Waals surface area contributed by atoms with Crippen LogP contribution in [0.5, 0.6) is 0 Å². The number of hydrogen-bond donors (Lipinski definition) is 3. The van der Waals surface area contributed by atoms with Crippen LogP contribution in [0.4, 0.5) is 0 Å². The molecule has 224 valence electrons. The molecule has 2 atom stereocenters. The molecule has 0 aliphatic carbocycles. The number of morpholine rings is 1. The van der Waals surface area contributed by atoms with Gasteiger partial charge in [-0.25, -0.2) is 0 Å². The minimum absolute atomic E-state index is 0.0930. The Bertz CT molecular complexity index is 936. The summed E-state index contributed by atoms with van der Waals surface area (Å²) in [5.74, 6) is 2.06. The quantitative estimate of drug-likeness (QED) is 0.195. The Morgan fingerprint density at radius 2 is 1.20 bits per heavy atom. The van der Waals surface area contributed by atoms with Crippen LogP contribution in [-0.2, 0) is 16.2 Å². The van der Waals surface area contributed by atoms with Crippen LogP contribution in [0, 0.1) is 0 Å². The van der Waals surface area contributed by atoms with Crippen LogP contribution in [0.3, 0.4) is 0 Å². The zero-order chi connectivity index (χ0) is 28.8. The lowest BCUT2D eigenvalue weighted by molar-refractivity contribution is 0.0320. The summed E-state index contributed by atoms with van der Waals surface area (Å²) >= 11 is 4.10. The number of benzene rings is 2. The van der Waals surface area contributed by atoms with E-state index in [1.165, 1.54) is 11.1 Å². The van der Waals surface area contributed by atoms with Gasteiger partial charge in [0.15, 0.2) is 0 Å². The maximum Gasteiger partial charge on any atom is 0.0594 e. The lowest BCUT2D eigenvalue weighted by Crippen LogP contribution is -2.56. The number of nitrogens with zero attached hydrogens (tertiary/aromatic N) is 1. The molecule has 0 saturated carbocycles. The number of hydrogen-bond acceptors (Lipinski definition) is 7. The molecule has 1 aliphatic heterocycles. The first-order valence-electron chi connectivity index (χ1n) is 15.0. The van der Waals surface area contributed by atoms with Crippen LogP contribution in [0.25, 0.3) is 0 Å². The van der Waals surface area contributed by atoms with Gasteiger partial charge in [0.2, 0.25) is 0 Å². The molecular weight excluding hydrogens is 533 g/mol. The van der Waals surface area contributed by atoms with Crippen molar-refractivity contribution in [1.29, 1.82) is 0 Å². The standard InChI is InChI=1S/C33H54N4OS2/c1-27(2)36-23-30(32(3,4)39-25-28-13-9-7-10-14-28)34-17-18-35-31(24-37-19-21-38-22-20-37)33(5,6)40-26-29-15-11-8-12-16-29/h7-16,27,30-31,34-36H,17-26H2,1-6H3. The van der Waals surface area contributed by atoms with E-state index in [4.69, 9.17) is 4.74 Å². The molecule has 0 radical (unpaired) electrons. The van der Waals surface area contributed by atoms with E-state index in [0.717, 1.165) is 64.0 Å². The third-order valence-corrected chi connectivity index (χ3v) is 10.8. The Morgan fingerprint density at radius 1 is 0.725 bits per heavy atom. The molecule has 40 heavy (non-hydrogen) atoms. The lowest BCUT2D eigenvalue weighted by Gasteiger charge is -2.40. The summed E-state index contributed by atoms with van der Waals surface area (Å²) in [6.45, 7) is 21.7. The predicted molar refractivity (Wildman–Crippen MR) is 178 cm³/mol. The van der Waals surface area contributed by atoms with Crippen molar-refractivity contribution in [2.24, 2.45) is 0 Å². The first-order valence-corrected chi connectivity index (χ1v) is 17.0. The van der Waals surface area contributed by atoms with E-state index in [2.05, 4.69) is 135 Å². The molecule has 0 spiro atoms. The van der Waals surface area contributed by atoms with Crippen molar-refractivity contribution in [2.45, 2.75) is 80.7 Å². The molecule has 2 aromatic carbocycles. The van der Waals surface area contributed by atoms with Gasteiger partial charge in [-0.15, -0.1) is 23.5 Å². The Kier molecular flexibility index (Phi) is 14.3. The van der Waals surface area contributed by atoms with Crippen LogP contribution >= 0.6 is 23.5 Å². The van der Waals surface area contributed by atoms with Gasteiger partial charge in [-0.3, -0.25) is 4.90 Å². The van der Waals surface area contributed by atoms with Gasteiger partial charge in [0.05, 0.1) is 13.2 Å². The maximum absolute atomic E-state index is 5.63. The van der Waals surface area contributed by atoms with Crippen LogP contribution in [-0.4, -0.2) is 85.0 Å². The molecule has 1 saturated heterocycles. The third-order valence-electron chi connectivity index (χ3n) is 7.77. The summed E-state index contributed by atoms with van der Waals surface area (Å²) in [7, 11) is 0. The van der Waals surface area contributed by atoms with Crippen LogP contribution in [0.2, 0.25) is 0 Å². The van der Waals surface area contributed by atoms with Gasteiger partial charge in [-0.2, -0.15) is 0 Å². The van der Waals surface area contributed by atoms with Crippen molar-refractivity contribution < 1.29 is 4.74 Å². The van der Waals surface area contributed by atoms with Crippen LogP contribution in [0.15, 0.2) is 60.7 Å². The molecule has 7 heteroatoms. The molecule has 3 rings (SSSR count). The summed E-state index contributed by atoms with van der Waals surface area (Å²) in [6, 6.07) is 22.9. The first kappa shape index (κ1) is 33.4. The number of rotatable bonds is 18. The van der Waals surface area contributed by atoms with Gasteiger partial charge in [0.1, 0.15) is 0 Å². The van der Waals surface area contributed by atoms with Gasteiger partial charge < -0.3 is 20.7 Å². The fourth-order valence-electron chi connectivity index (χ4n) is 4.87. The maximum atomic E-state index is 5.63. The van der Waals surface area contributed by atoms with E-state index >= 15 is 0 Å². The highest BCUT2D eigenvalue weighted by Crippen LogP contribution is 2.33. The number of thioether (sulfide) groups is 2. The normalized spacial score (nSPS) is 16.8. The SMILES string of the molecule is CC(C)NCC(NCCNC(CN1CCOCC1)C(C)(C)SCc1ccccc1)C(C)(C)SCc1ccccc1. The molecule has 3 N–H and O–H groups in total. The van der Waals surface area contributed by atoms with E-state index in [0.29, 0.717) is 18.1 Å². The van der Waals surface area contributed by atoms with E-state index in [-0.39, 0.29) is 9.49 Å². The summed E-state index contributed by atoms with van der Waals surface area (Å²) in [5, 5.41) is 11.6. The van der Waals surface area contributed by atoms with Gasteiger partial charge in [-0.1, -0.05) is 74.5 Å². The third kappa shape index (κ3) is 12.0. The summed E-state index contributed by atoms with van der Waals surface area (Å²) in [6.07, 6.45) is 0. The van der Waals surface area contributed by atoms with Crippen molar-refractivity contribution in [3.63, 3.8) is 0 Å². The monoisotopic (exact) mass is 586 g/mol. The molecule has 0 aromatic heterocycles. The molecular formula is C33H54N4OS2. The Hall–Kier alpha value is -1.06. The highest BCUT2D eigenvalue weighted by atomic mass is 32.2. The van der Waals surface area contributed by atoms with E-state index < -0.39 is 0 Å². The predicted octanol–water partition coefficient (Wildman–Crippen LogP) is 5.66. The average Bonchev–Trinajstić information content (AvgIpc) is 2.95. The molecule has 0 amide bonds. The second kappa shape index (κ2) is 17.2. The average molecular weight is 587 g/mol. The molecule has 0 bridgehead atoms. The Labute approximate surface area is 253 Å².